The summed E-state index contributed by atoms with van der Waals surface area (Å²) in [5.41, 5.74) is 5.52. The molecule has 3 aromatic rings. The second-order valence-electron chi connectivity index (χ2n) is 10.1. The Morgan fingerprint density at radius 1 is 0.923 bits per heavy atom. The van der Waals surface area contributed by atoms with Crippen molar-refractivity contribution in [2.45, 2.75) is 38.0 Å². The van der Waals surface area contributed by atoms with Gasteiger partial charge in [0.1, 0.15) is 6.61 Å². The van der Waals surface area contributed by atoms with Crippen molar-refractivity contribution in [3.63, 3.8) is 0 Å². The maximum Gasteiger partial charge on any atom is 0.407 e. The normalized spacial score (nSPS) is 18.8. The summed E-state index contributed by atoms with van der Waals surface area (Å²) in [5, 5.41) is 15.0. The van der Waals surface area contributed by atoms with E-state index >= 15 is 0 Å². The number of carbonyl (C=O) groups is 3. The zero-order valence-electron chi connectivity index (χ0n) is 21.7. The first-order valence-corrected chi connectivity index (χ1v) is 13.2. The molecule has 5 rings (SSSR count). The van der Waals surface area contributed by atoms with Gasteiger partial charge in [-0.15, -0.1) is 0 Å². The number of alkyl carbamates (subject to hydrolysis) is 1. The molecule has 2 aliphatic carbocycles. The molecule has 2 amide bonds. The van der Waals surface area contributed by atoms with Gasteiger partial charge in [-0.05, 0) is 47.1 Å². The van der Waals surface area contributed by atoms with E-state index in [0.29, 0.717) is 6.42 Å². The molecule has 1 fully saturated rings. The average molecular weight is 529 g/mol. The number of carboxylic acid groups (broad SMARTS) is 1. The minimum atomic E-state index is -1.17. The van der Waals surface area contributed by atoms with Crippen LogP contribution in [0.1, 0.15) is 36.0 Å². The summed E-state index contributed by atoms with van der Waals surface area (Å²) < 4.78 is 11.3. The zero-order valence-corrected chi connectivity index (χ0v) is 21.7. The van der Waals surface area contributed by atoms with E-state index in [4.69, 9.17) is 9.47 Å². The van der Waals surface area contributed by atoms with Crippen LogP contribution in [-0.2, 0) is 25.7 Å². The molecule has 8 nitrogen and oxygen atoms in total. The number of fused-ring (bicyclic) bond motifs is 3. The Balaban J connectivity index is 1.06. The summed E-state index contributed by atoms with van der Waals surface area (Å²) in [5.74, 6) is -1.96. The third kappa shape index (κ3) is 6.12. The second-order valence-corrected chi connectivity index (χ2v) is 10.1. The highest BCUT2D eigenvalue weighted by Gasteiger charge is 2.44. The number of ether oxygens (including phenoxy) is 2. The fraction of sp³-hybridized carbons (Fsp3) is 0.323. The van der Waals surface area contributed by atoms with Gasteiger partial charge in [0.15, 0.2) is 6.04 Å². The lowest BCUT2D eigenvalue weighted by atomic mass is 9.98. The van der Waals surface area contributed by atoms with Gasteiger partial charge in [-0.1, -0.05) is 78.9 Å². The number of carbonyl (C=O) groups excluding carboxylic acids is 2. The molecule has 8 heteroatoms. The number of hydrogen-bond donors (Lipinski definition) is 3. The van der Waals surface area contributed by atoms with Crippen LogP contribution in [-0.4, -0.2) is 48.4 Å². The van der Waals surface area contributed by atoms with Gasteiger partial charge in [0.2, 0.25) is 5.91 Å². The lowest BCUT2D eigenvalue weighted by molar-refractivity contribution is -0.146. The molecule has 3 N–H and O–H groups in total. The fourth-order valence-electron chi connectivity index (χ4n) is 5.20. The molecule has 0 radical (unpaired) electrons. The first kappa shape index (κ1) is 26.4. The molecule has 3 aromatic carbocycles. The van der Waals surface area contributed by atoms with Crippen LogP contribution >= 0.6 is 0 Å². The molecule has 0 heterocycles. The summed E-state index contributed by atoms with van der Waals surface area (Å²) in [6.07, 6.45) is -0.682. The van der Waals surface area contributed by atoms with Crippen LogP contribution in [0.5, 0.6) is 0 Å². The monoisotopic (exact) mass is 528 g/mol. The summed E-state index contributed by atoms with van der Waals surface area (Å²) in [6, 6.07) is 24.5. The average Bonchev–Trinajstić information content (AvgIpc) is 3.67. The van der Waals surface area contributed by atoms with Crippen molar-refractivity contribution in [1.29, 1.82) is 0 Å². The molecule has 0 aliphatic heterocycles. The maximum atomic E-state index is 12.7. The number of amides is 2. The van der Waals surface area contributed by atoms with Gasteiger partial charge in [-0.25, -0.2) is 9.59 Å². The van der Waals surface area contributed by atoms with Gasteiger partial charge >= 0.3 is 12.1 Å². The van der Waals surface area contributed by atoms with Crippen molar-refractivity contribution in [2.75, 3.05) is 13.2 Å². The van der Waals surface area contributed by atoms with Crippen molar-refractivity contribution < 1.29 is 29.0 Å². The van der Waals surface area contributed by atoms with E-state index in [1.54, 1.807) is 6.92 Å². The number of nitrogens with one attached hydrogen (secondary N) is 2. The van der Waals surface area contributed by atoms with E-state index in [9.17, 15) is 19.5 Å². The van der Waals surface area contributed by atoms with E-state index < -0.39 is 24.2 Å². The van der Waals surface area contributed by atoms with Crippen LogP contribution in [0.15, 0.2) is 78.9 Å². The summed E-state index contributed by atoms with van der Waals surface area (Å²) >= 11 is 0. The van der Waals surface area contributed by atoms with Crippen molar-refractivity contribution in [2.24, 2.45) is 11.8 Å². The molecule has 0 bridgehead atoms. The van der Waals surface area contributed by atoms with Gasteiger partial charge in [0.05, 0.1) is 12.7 Å². The Bertz CT molecular complexity index is 1300. The molecule has 0 saturated heterocycles. The second kappa shape index (κ2) is 11.7. The Morgan fingerprint density at radius 2 is 1.54 bits per heavy atom. The van der Waals surface area contributed by atoms with Crippen molar-refractivity contribution >= 4 is 18.0 Å². The molecule has 202 valence electrons. The molecule has 1 saturated carbocycles. The molecular weight excluding hydrogens is 496 g/mol. The van der Waals surface area contributed by atoms with Gasteiger partial charge in [0, 0.05) is 18.4 Å². The highest BCUT2D eigenvalue weighted by atomic mass is 16.5. The summed E-state index contributed by atoms with van der Waals surface area (Å²) in [4.78, 5) is 37.0. The number of aliphatic carboxylic acids is 1. The Morgan fingerprint density at radius 3 is 2.18 bits per heavy atom. The lowest BCUT2D eigenvalue weighted by Crippen LogP contribution is -2.49. The molecule has 0 spiro atoms. The first-order valence-electron chi connectivity index (χ1n) is 13.2. The van der Waals surface area contributed by atoms with E-state index in [0.717, 1.165) is 27.8 Å². The maximum absolute atomic E-state index is 12.7. The number of hydrogen-bond acceptors (Lipinski definition) is 5. The Labute approximate surface area is 227 Å². The van der Waals surface area contributed by atoms with Crippen LogP contribution in [0.4, 0.5) is 4.79 Å². The van der Waals surface area contributed by atoms with Crippen LogP contribution < -0.4 is 10.6 Å². The predicted molar refractivity (Wildman–Crippen MR) is 145 cm³/mol. The van der Waals surface area contributed by atoms with E-state index in [1.165, 1.54) is 0 Å². The molecule has 0 aromatic heterocycles. The van der Waals surface area contributed by atoms with Gasteiger partial charge < -0.3 is 25.2 Å². The molecule has 2 unspecified atom stereocenters. The largest absolute Gasteiger partial charge is 0.480 e. The lowest BCUT2D eigenvalue weighted by Gasteiger charge is -2.22. The number of rotatable bonds is 11. The SMILES string of the molecule is C[C@H](OCc1ccccc1)[C@@H](NC(=O)C1CC1CNC(=O)OCC1c2ccccc2-c2ccccc21)C(=O)O. The number of benzene rings is 3. The van der Waals surface area contributed by atoms with E-state index in [1.807, 2.05) is 54.6 Å². The van der Waals surface area contributed by atoms with E-state index in [2.05, 4.69) is 34.9 Å². The van der Waals surface area contributed by atoms with Crippen LogP contribution in [0.25, 0.3) is 11.1 Å². The highest BCUT2D eigenvalue weighted by Crippen LogP contribution is 2.44. The molecule has 39 heavy (non-hydrogen) atoms. The third-order valence-electron chi connectivity index (χ3n) is 7.50. The summed E-state index contributed by atoms with van der Waals surface area (Å²) in [7, 11) is 0. The predicted octanol–water partition coefficient (Wildman–Crippen LogP) is 4.34. The van der Waals surface area contributed by atoms with Crippen LogP contribution in [0.3, 0.4) is 0 Å². The molecule has 4 atom stereocenters. The molecule has 2 aliphatic rings. The minimum absolute atomic E-state index is 0.0262. The van der Waals surface area contributed by atoms with Crippen LogP contribution in [0, 0.1) is 11.8 Å². The third-order valence-corrected chi connectivity index (χ3v) is 7.50. The Hall–Kier alpha value is -4.17. The van der Waals surface area contributed by atoms with Gasteiger partial charge in [0.25, 0.3) is 0 Å². The van der Waals surface area contributed by atoms with Crippen molar-refractivity contribution in [1.82, 2.24) is 10.6 Å². The van der Waals surface area contributed by atoms with Crippen molar-refractivity contribution in [3.05, 3.63) is 95.6 Å². The standard InChI is InChI=1S/C31H32N2O6/c1-19(38-17-20-9-3-2-4-10-20)28(30(35)36)33-29(34)26-15-21(26)16-32-31(37)39-18-27-24-13-7-5-11-22(24)23-12-6-8-14-25(23)27/h2-14,19,21,26-28H,15-18H2,1H3,(H,32,37)(H,33,34)(H,35,36)/t19-,21?,26?,28+/m0/s1. The van der Waals surface area contributed by atoms with Crippen molar-refractivity contribution in [3.8, 4) is 11.1 Å². The first-order chi connectivity index (χ1) is 18.9. The number of carboxylic acids is 1. The zero-order chi connectivity index (χ0) is 27.4. The van der Waals surface area contributed by atoms with Crippen LogP contribution in [0.2, 0.25) is 0 Å². The van der Waals surface area contributed by atoms with Gasteiger partial charge in [-0.2, -0.15) is 0 Å². The smallest absolute Gasteiger partial charge is 0.407 e. The van der Waals surface area contributed by atoms with Gasteiger partial charge in [-0.3, -0.25) is 4.79 Å². The fourth-order valence-corrected chi connectivity index (χ4v) is 5.20. The topological polar surface area (TPSA) is 114 Å². The quantitative estimate of drug-likeness (QED) is 0.341. The molecular formula is C31H32N2O6. The Kier molecular flexibility index (Phi) is 7.93. The minimum Gasteiger partial charge on any atom is -0.480 e. The van der Waals surface area contributed by atoms with E-state index in [-0.39, 0.29) is 43.4 Å². The highest BCUT2D eigenvalue weighted by molar-refractivity contribution is 5.87. The summed E-state index contributed by atoms with van der Waals surface area (Å²) in [6.45, 7) is 2.38.